The summed E-state index contributed by atoms with van der Waals surface area (Å²) >= 11 is 0. The Kier molecular flexibility index (Phi) is 4.09. The van der Waals surface area contributed by atoms with Crippen molar-refractivity contribution in [3.05, 3.63) is 52.3 Å². The maximum absolute atomic E-state index is 12.9. The van der Waals surface area contributed by atoms with Crippen molar-refractivity contribution in [1.82, 2.24) is 14.8 Å². The molecule has 0 atom stereocenters. The van der Waals surface area contributed by atoms with Crippen LogP contribution in [0.1, 0.15) is 39.8 Å². The van der Waals surface area contributed by atoms with E-state index in [4.69, 9.17) is 0 Å². The van der Waals surface area contributed by atoms with Gasteiger partial charge in [-0.05, 0) is 57.9 Å². The largest absolute Gasteiger partial charge is 0.322 e. The summed E-state index contributed by atoms with van der Waals surface area (Å²) in [6.45, 7) is 10.6. The molecular formula is C19H22N4O. The Morgan fingerprint density at radius 3 is 2.67 bits per heavy atom. The lowest BCUT2D eigenvalue weighted by Crippen LogP contribution is -2.14. The fraction of sp³-hybridized carbons (Fsp3) is 0.316. The van der Waals surface area contributed by atoms with Crippen LogP contribution in [0.3, 0.4) is 0 Å². The Morgan fingerprint density at radius 1 is 1.21 bits per heavy atom. The first kappa shape index (κ1) is 16.2. The quantitative estimate of drug-likeness (QED) is 0.794. The van der Waals surface area contributed by atoms with Gasteiger partial charge in [0.2, 0.25) is 0 Å². The number of aryl methyl sites for hydroxylation is 4. The van der Waals surface area contributed by atoms with Crippen molar-refractivity contribution in [1.29, 1.82) is 0 Å². The number of amides is 1. The highest BCUT2D eigenvalue weighted by atomic mass is 16.1. The van der Waals surface area contributed by atoms with Crippen molar-refractivity contribution in [2.24, 2.45) is 0 Å². The van der Waals surface area contributed by atoms with E-state index < -0.39 is 0 Å². The van der Waals surface area contributed by atoms with Gasteiger partial charge in [0.25, 0.3) is 5.91 Å². The number of nitrogens with zero attached hydrogens (tertiary/aromatic N) is 3. The molecule has 0 aliphatic heterocycles. The topological polar surface area (TPSA) is 59.8 Å². The summed E-state index contributed by atoms with van der Waals surface area (Å²) in [5, 5.41) is 8.37. The normalized spacial score (nSPS) is 11.0. The molecule has 0 bridgehead atoms. The Hall–Kier alpha value is -2.69. The molecule has 5 nitrogen and oxygen atoms in total. The van der Waals surface area contributed by atoms with E-state index >= 15 is 0 Å². The number of nitrogens with one attached hydrogen (secondary N) is 1. The summed E-state index contributed by atoms with van der Waals surface area (Å²) in [6, 6.07) is 7.74. The van der Waals surface area contributed by atoms with Crippen LogP contribution in [0, 0.1) is 27.7 Å². The van der Waals surface area contributed by atoms with Gasteiger partial charge in [0.05, 0.1) is 16.6 Å². The van der Waals surface area contributed by atoms with Crippen LogP contribution in [0.4, 0.5) is 5.69 Å². The zero-order valence-corrected chi connectivity index (χ0v) is 14.8. The molecule has 0 saturated heterocycles. The third-order valence-electron chi connectivity index (χ3n) is 4.40. The van der Waals surface area contributed by atoms with E-state index in [2.05, 4.69) is 15.4 Å². The van der Waals surface area contributed by atoms with Crippen LogP contribution in [0.25, 0.3) is 11.0 Å². The minimum atomic E-state index is -0.127. The summed E-state index contributed by atoms with van der Waals surface area (Å²) in [4.78, 5) is 17.5. The van der Waals surface area contributed by atoms with Crippen molar-refractivity contribution in [2.45, 2.75) is 41.2 Å². The van der Waals surface area contributed by atoms with Gasteiger partial charge in [-0.15, -0.1) is 0 Å². The summed E-state index contributed by atoms with van der Waals surface area (Å²) in [7, 11) is 0. The maximum Gasteiger partial charge on any atom is 0.256 e. The van der Waals surface area contributed by atoms with Crippen LogP contribution in [0.5, 0.6) is 0 Å². The first-order chi connectivity index (χ1) is 11.4. The molecular weight excluding hydrogens is 300 g/mol. The van der Waals surface area contributed by atoms with Gasteiger partial charge in [0.15, 0.2) is 5.65 Å². The number of pyridine rings is 1. The summed E-state index contributed by atoms with van der Waals surface area (Å²) in [5.74, 6) is -0.127. The molecule has 0 saturated carbocycles. The molecule has 124 valence electrons. The fourth-order valence-corrected chi connectivity index (χ4v) is 2.95. The molecule has 3 aromatic rings. The van der Waals surface area contributed by atoms with Gasteiger partial charge < -0.3 is 5.32 Å². The predicted molar refractivity (Wildman–Crippen MR) is 96.5 cm³/mol. The number of anilines is 1. The van der Waals surface area contributed by atoms with Crippen molar-refractivity contribution in [3.8, 4) is 0 Å². The van der Waals surface area contributed by atoms with Crippen LogP contribution in [0.2, 0.25) is 0 Å². The standard InChI is InChI=1S/C19H22N4O/c1-6-23-18-17(14(5)22-23)15(10-12(3)20-18)19(24)21-16-9-7-8-11(2)13(16)4/h7-10H,6H2,1-5H3,(H,21,24). The van der Waals surface area contributed by atoms with Gasteiger partial charge in [0, 0.05) is 17.9 Å². The molecule has 1 amide bonds. The maximum atomic E-state index is 12.9. The molecule has 2 heterocycles. The van der Waals surface area contributed by atoms with E-state index in [-0.39, 0.29) is 5.91 Å². The molecule has 1 aromatic carbocycles. The van der Waals surface area contributed by atoms with E-state index in [0.717, 1.165) is 45.8 Å². The van der Waals surface area contributed by atoms with Crippen LogP contribution < -0.4 is 5.32 Å². The Labute approximate surface area is 141 Å². The lowest BCUT2D eigenvalue weighted by atomic mass is 10.1. The predicted octanol–water partition coefficient (Wildman–Crippen LogP) is 3.94. The van der Waals surface area contributed by atoms with Crippen LogP contribution in [-0.4, -0.2) is 20.7 Å². The highest BCUT2D eigenvalue weighted by molar-refractivity contribution is 6.12. The second-order valence-corrected chi connectivity index (χ2v) is 6.11. The molecule has 0 aliphatic carbocycles. The first-order valence-electron chi connectivity index (χ1n) is 8.14. The van der Waals surface area contributed by atoms with Crippen LogP contribution in [0.15, 0.2) is 24.3 Å². The van der Waals surface area contributed by atoms with Gasteiger partial charge in [-0.2, -0.15) is 5.10 Å². The van der Waals surface area contributed by atoms with Gasteiger partial charge in [-0.1, -0.05) is 12.1 Å². The SMILES string of the molecule is CCn1nc(C)c2c(C(=O)Nc3cccc(C)c3C)cc(C)nc21. The van der Waals surface area contributed by atoms with Crippen molar-refractivity contribution in [2.75, 3.05) is 5.32 Å². The van der Waals surface area contributed by atoms with E-state index in [9.17, 15) is 4.79 Å². The smallest absolute Gasteiger partial charge is 0.256 e. The zero-order valence-electron chi connectivity index (χ0n) is 14.8. The number of fused-ring (bicyclic) bond motifs is 1. The molecule has 2 aromatic heterocycles. The number of carbonyl (C=O) groups excluding carboxylic acids is 1. The minimum Gasteiger partial charge on any atom is -0.322 e. The molecule has 0 fully saturated rings. The van der Waals surface area contributed by atoms with Gasteiger partial charge in [0.1, 0.15) is 0 Å². The lowest BCUT2D eigenvalue weighted by molar-refractivity contribution is 0.102. The van der Waals surface area contributed by atoms with E-state index in [1.54, 1.807) is 0 Å². The molecule has 24 heavy (non-hydrogen) atoms. The van der Waals surface area contributed by atoms with Crippen LogP contribution in [-0.2, 0) is 6.54 Å². The van der Waals surface area contributed by atoms with Gasteiger partial charge in [-0.3, -0.25) is 4.79 Å². The number of rotatable bonds is 3. The molecule has 0 spiro atoms. The number of hydrogen-bond acceptors (Lipinski definition) is 3. The summed E-state index contributed by atoms with van der Waals surface area (Å²) in [5.41, 5.74) is 6.08. The fourth-order valence-electron chi connectivity index (χ4n) is 2.95. The van der Waals surface area contributed by atoms with Crippen molar-refractivity contribution >= 4 is 22.6 Å². The molecule has 0 aliphatic rings. The summed E-state index contributed by atoms with van der Waals surface area (Å²) in [6.07, 6.45) is 0. The van der Waals surface area contributed by atoms with E-state index in [1.165, 1.54) is 0 Å². The number of hydrogen-bond donors (Lipinski definition) is 1. The monoisotopic (exact) mass is 322 g/mol. The van der Waals surface area contributed by atoms with Crippen molar-refractivity contribution in [3.63, 3.8) is 0 Å². The van der Waals surface area contributed by atoms with Gasteiger partial charge in [-0.25, -0.2) is 9.67 Å². The van der Waals surface area contributed by atoms with Crippen LogP contribution >= 0.6 is 0 Å². The Bertz CT molecular complexity index is 940. The number of aromatic nitrogens is 3. The second-order valence-electron chi connectivity index (χ2n) is 6.11. The molecule has 0 radical (unpaired) electrons. The summed E-state index contributed by atoms with van der Waals surface area (Å²) < 4.78 is 1.84. The number of benzene rings is 1. The highest BCUT2D eigenvalue weighted by Gasteiger charge is 2.19. The van der Waals surface area contributed by atoms with Crippen molar-refractivity contribution < 1.29 is 4.79 Å². The zero-order chi connectivity index (χ0) is 17.4. The highest BCUT2D eigenvalue weighted by Crippen LogP contribution is 2.24. The molecule has 3 rings (SSSR count). The average molecular weight is 322 g/mol. The first-order valence-corrected chi connectivity index (χ1v) is 8.14. The lowest BCUT2D eigenvalue weighted by Gasteiger charge is -2.11. The Balaban J connectivity index is 2.10. The van der Waals surface area contributed by atoms with E-state index in [1.807, 2.05) is 63.6 Å². The third kappa shape index (κ3) is 2.66. The minimum absolute atomic E-state index is 0.127. The van der Waals surface area contributed by atoms with E-state index in [0.29, 0.717) is 5.56 Å². The molecule has 0 unspecified atom stereocenters. The van der Waals surface area contributed by atoms with Gasteiger partial charge >= 0.3 is 0 Å². The second kappa shape index (κ2) is 6.07. The Morgan fingerprint density at radius 2 is 1.96 bits per heavy atom. The number of carbonyl (C=O) groups is 1. The molecule has 1 N–H and O–H groups in total. The average Bonchev–Trinajstić information content (AvgIpc) is 2.87. The third-order valence-corrected chi connectivity index (χ3v) is 4.40. The molecule has 5 heteroatoms.